The maximum absolute atomic E-state index is 5.47. The van der Waals surface area contributed by atoms with Gasteiger partial charge in [0.15, 0.2) is 0 Å². The molecule has 0 spiro atoms. The number of hydrogen-bond acceptors (Lipinski definition) is 2. The molecule has 0 N–H and O–H groups in total. The zero-order valence-electron chi connectivity index (χ0n) is 37.7. The Bertz CT molecular complexity index is 1270. The van der Waals surface area contributed by atoms with Gasteiger partial charge in [-0.1, -0.05) is 214 Å². The molecule has 0 aliphatic carbocycles. The van der Waals surface area contributed by atoms with Gasteiger partial charge in [-0.25, -0.2) is 0 Å². The normalized spacial score (nSPS) is 12.3. The van der Waals surface area contributed by atoms with Gasteiger partial charge in [0.25, 0.3) is 0 Å². The molecule has 312 valence electrons. The van der Waals surface area contributed by atoms with Gasteiger partial charge in [0.2, 0.25) is 0 Å². The Morgan fingerprint density at radius 1 is 0.309 bits per heavy atom. The van der Waals surface area contributed by atoms with E-state index in [1.807, 2.05) is 0 Å². The minimum atomic E-state index is 1.00. The average Bonchev–Trinajstić information content (AvgIpc) is 3.19. The molecule has 2 rings (SSSR count). The van der Waals surface area contributed by atoms with Crippen LogP contribution in [0.15, 0.2) is 46.4 Å². The first-order valence-corrected chi connectivity index (χ1v) is 24.5. The molecule has 2 aromatic carbocycles. The Balaban J connectivity index is 1.92. The smallest absolute Gasteiger partial charge is 0.0636 e. The lowest BCUT2D eigenvalue weighted by molar-refractivity contribution is 0.521. The lowest BCUT2D eigenvalue weighted by atomic mass is 9.98. The molecule has 0 saturated carbocycles. The van der Waals surface area contributed by atoms with E-state index in [1.165, 1.54) is 201 Å². The monoisotopic (exact) mass is 755 g/mol. The Labute approximate surface area is 343 Å². The van der Waals surface area contributed by atoms with Gasteiger partial charge in [0.05, 0.1) is 22.8 Å². The van der Waals surface area contributed by atoms with Crippen molar-refractivity contribution in [2.75, 3.05) is 0 Å². The second-order valence-electron chi connectivity index (χ2n) is 16.9. The highest BCUT2D eigenvalue weighted by molar-refractivity contribution is 6.43. The van der Waals surface area contributed by atoms with Gasteiger partial charge >= 0.3 is 0 Å². The lowest BCUT2D eigenvalue weighted by Crippen LogP contribution is -2.14. The summed E-state index contributed by atoms with van der Waals surface area (Å²) in [4.78, 5) is 10.9. The van der Waals surface area contributed by atoms with Crippen LogP contribution in [0.25, 0.3) is 0 Å². The van der Waals surface area contributed by atoms with Gasteiger partial charge in [-0.15, -0.1) is 0 Å². The number of benzene rings is 2. The highest BCUT2D eigenvalue weighted by Gasteiger charge is 2.13. The molecule has 0 bridgehead atoms. The fraction of sp³-hybridized carbons (Fsp3) is 0.736. The number of nitrogens with zero attached hydrogens (tertiary/aromatic N) is 2. The number of unbranched alkanes of at least 4 members (excludes halogenated alkanes) is 21. The van der Waals surface area contributed by atoms with E-state index < -0.39 is 0 Å². The Kier molecular flexibility index (Phi) is 30.1. The average molecular weight is 755 g/mol. The maximum atomic E-state index is 5.47. The largest absolute Gasteiger partial charge is 0.252 e. The van der Waals surface area contributed by atoms with Crippen molar-refractivity contribution in [3.63, 3.8) is 0 Å². The SMILES string of the molecule is CCCCCCCCCCCCCCCCCCCCCCCC(=Nc1ccc(CCC)c(CCC)c1)C(CCCC)=Nc1ccc(CCC)c(CCC)c1. The molecule has 0 aliphatic heterocycles. The molecule has 0 unspecified atom stereocenters. The van der Waals surface area contributed by atoms with Crippen LogP contribution in [0, 0.1) is 0 Å². The van der Waals surface area contributed by atoms with Crippen molar-refractivity contribution < 1.29 is 0 Å². The summed E-state index contributed by atoms with van der Waals surface area (Å²) in [5.74, 6) is 0. The van der Waals surface area contributed by atoms with E-state index in [-0.39, 0.29) is 0 Å². The van der Waals surface area contributed by atoms with Crippen LogP contribution in [0.5, 0.6) is 0 Å². The molecule has 0 heterocycles. The summed E-state index contributed by atoms with van der Waals surface area (Å²) >= 11 is 0. The van der Waals surface area contributed by atoms with E-state index in [2.05, 4.69) is 77.9 Å². The van der Waals surface area contributed by atoms with Crippen LogP contribution in [0.3, 0.4) is 0 Å². The number of aryl methyl sites for hydroxylation is 4. The summed E-state index contributed by atoms with van der Waals surface area (Å²) < 4.78 is 0. The number of aliphatic imine (C=N–C) groups is 2. The number of hydrogen-bond donors (Lipinski definition) is 0. The lowest BCUT2D eigenvalue weighted by Gasteiger charge is -2.14. The first-order valence-electron chi connectivity index (χ1n) is 24.5. The van der Waals surface area contributed by atoms with Crippen LogP contribution in [0.4, 0.5) is 11.4 Å². The third-order valence-electron chi connectivity index (χ3n) is 11.6. The highest BCUT2D eigenvalue weighted by Crippen LogP contribution is 2.26. The van der Waals surface area contributed by atoms with Crippen LogP contribution < -0.4 is 0 Å². The standard InChI is InChI=1S/C53H90N2/c1-7-13-15-16-17-18-19-20-21-22-23-24-25-26-27-28-29-30-31-32-33-39-53(55-51-43-41-47(35-10-4)49(45-51)37-12-6)52(38-14-8-2)54-50-42-40-46(34-9-3)48(44-50)36-11-5/h40-45H,7-39H2,1-6H3. The minimum Gasteiger partial charge on any atom is -0.252 e. The number of rotatable bonds is 36. The predicted molar refractivity (Wildman–Crippen MR) is 250 cm³/mol. The Morgan fingerprint density at radius 3 is 0.927 bits per heavy atom. The van der Waals surface area contributed by atoms with Crippen LogP contribution >= 0.6 is 0 Å². The zero-order valence-corrected chi connectivity index (χ0v) is 37.7. The van der Waals surface area contributed by atoms with Crippen LogP contribution in [0.1, 0.15) is 250 Å². The molecule has 2 aromatic rings. The molecule has 0 amide bonds. The third kappa shape index (κ3) is 22.9. The molecule has 2 heteroatoms. The topological polar surface area (TPSA) is 24.7 Å². The molecular weight excluding hydrogens is 665 g/mol. The summed E-state index contributed by atoms with van der Waals surface area (Å²) in [5, 5.41) is 0. The first-order chi connectivity index (χ1) is 27.1. The van der Waals surface area contributed by atoms with Crippen molar-refractivity contribution in [3.8, 4) is 0 Å². The second kappa shape index (κ2) is 33.9. The molecule has 0 aromatic heterocycles. The molecule has 2 nitrogen and oxygen atoms in total. The van der Waals surface area contributed by atoms with Gasteiger partial charge in [-0.3, -0.25) is 9.98 Å². The highest BCUT2D eigenvalue weighted by atomic mass is 14.8. The van der Waals surface area contributed by atoms with Crippen LogP contribution in [0.2, 0.25) is 0 Å². The van der Waals surface area contributed by atoms with Crippen LogP contribution in [-0.4, -0.2) is 11.4 Å². The van der Waals surface area contributed by atoms with Crippen molar-refractivity contribution >= 4 is 22.8 Å². The molecule has 0 radical (unpaired) electrons. The summed E-state index contributed by atoms with van der Waals surface area (Å²) in [5.41, 5.74) is 10.7. The van der Waals surface area contributed by atoms with E-state index in [4.69, 9.17) is 9.98 Å². The van der Waals surface area contributed by atoms with Crippen molar-refractivity contribution in [1.29, 1.82) is 0 Å². The molecule has 0 aliphatic rings. The predicted octanol–water partition coefficient (Wildman–Crippen LogP) is 18.1. The second-order valence-corrected chi connectivity index (χ2v) is 16.9. The third-order valence-corrected chi connectivity index (χ3v) is 11.6. The van der Waals surface area contributed by atoms with Gasteiger partial charge < -0.3 is 0 Å². The van der Waals surface area contributed by atoms with E-state index in [1.54, 1.807) is 0 Å². The summed E-state index contributed by atoms with van der Waals surface area (Å²) in [7, 11) is 0. The molecule has 0 saturated heterocycles. The van der Waals surface area contributed by atoms with Crippen molar-refractivity contribution in [2.24, 2.45) is 9.98 Å². The van der Waals surface area contributed by atoms with E-state index in [0.717, 1.165) is 56.3 Å². The molecule has 0 atom stereocenters. The van der Waals surface area contributed by atoms with Gasteiger partial charge in [-0.2, -0.15) is 0 Å². The molecular formula is C53H90N2. The fourth-order valence-electron chi connectivity index (χ4n) is 8.30. The first kappa shape index (κ1) is 48.9. The minimum absolute atomic E-state index is 1.00. The quantitative estimate of drug-likeness (QED) is 0.0489. The summed E-state index contributed by atoms with van der Waals surface area (Å²) in [6.45, 7) is 13.8. The summed E-state index contributed by atoms with van der Waals surface area (Å²) in [6.07, 6.45) is 43.5. The van der Waals surface area contributed by atoms with Crippen molar-refractivity contribution in [2.45, 2.75) is 253 Å². The van der Waals surface area contributed by atoms with Gasteiger partial charge in [0, 0.05) is 0 Å². The summed E-state index contributed by atoms with van der Waals surface area (Å²) in [6, 6.07) is 14.0. The van der Waals surface area contributed by atoms with E-state index >= 15 is 0 Å². The van der Waals surface area contributed by atoms with E-state index in [0.29, 0.717) is 0 Å². The Morgan fingerprint density at radius 2 is 0.600 bits per heavy atom. The van der Waals surface area contributed by atoms with Gasteiger partial charge in [-0.05, 0) is 97.9 Å². The fourth-order valence-corrected chi connectivity index (χ4v) is 8.30. The van der Waals surface area contributed by atoms with Crippen LogP contribution in [-0.2, 0) is 25.7 Å². The Hall–Kier alpha value is -2.22. The molecule has 55 heavy (non-hydrogen) atoms. The molecule has 0 fully saturated rings. The van der Waals surface area contributed by atoms with Gasteiger partial charge in [0.1, 0.15) is 0 Å². The zero-order chi connectivity index (χ0) is 39.6. The van der Waals surface area contributed by atoms with Crippen molar-refractivity contribution in [1.82, 2.24) is 0 Å². The van der Waals surface area contributed by atoms with Crippen molar-refractivity contribution in [3.05, 3.63) is 58.7 Å². The maximum Gasteiger partial charge on any atom is 0.0636 e. The van der Waals surface area contributed by atoms with E-state index in [9.17, 15) is 0 Å².